The Morgan fingerprint density at radius 3 is 2.12 bits per heavy atom. The van der Waals surface area contributed by atoms with Crippen LogP contribution in [0.2, 0.25) is 0 Å². The number of carboxylic acids is 1. The standard InChI is InChI=1S/C16H11F3N4O3/c17-16(18,19)26-12-7-3-10(4-8-12)9-1-5-11(6-2-9)20-14-13(15(24)25)21-23-22-14/h1-8H,(H,24,25)(H2,20,21,22,23). The Kier molecular flexibility index (Phi) is 4.48. The molecule has 0 radical (unpaired) electrons. The second kappa shape index (κ2) is 6.75. The van der Waals surface area contributed by atoms with E-state index in [4.69, 9.17) is 5.11 Å². The number of nitrogens with zero attached hydrogens (tertiary/aromatic N) is 2. The molecule has 0 saturated carbocycles. The third-order valence-corrected chi connectivity index (χ3v) is 3.32. The van der Waals surface area contributed by atoms with Crippen molar-refractivity contribution in [1.29, 1.82) is 0 Å². The Labute approximate surface area is 144 Å². The summed E-state index contributed by atoms with van der Waals surface area (Å²) in [6.45, 7) is 0. The van der Waals surface area contributed by atoms with Gasteiger partial charge in [0.15, 0.2) is 5.82 Å². The highest BCUT2D eigenvalue weighted by atomic mass is 19.4. The average molecular weight is 364 g/mol. The van der Waals surface area contributed by atoms with Crippen LogP contribution in [0.25, 0.3) is 11.1 Å². The maximum Gasteiger partial charge on any atom is 0.573 e. The fourth-order valence-electron chi connectivity index (χ4n) is 2.20. The number of alkyl halides is 3. The quantitative estimate of drug-likeness (QED) is 0.637. The van der Waals surface area contributed by atoms with E-state index in [9.17, 15) is 18.0 Å². The van der Waals surface area contributed by atoms with Crippen molar-refractivity contribution < 1.29 is 27.8 Å². The van der Waals surface area contributed by atoms with Crippen LogP contribution in [-0.4, -0.2) is 32.8 Å². The second-order valence-electron chi connectivity index (χ2n) is 5.10. The van der Waals surface area contributed by atoms with E-state index in [0.29, 0.717) is 11.3 Å². The number of hydrogen-bond donors (Lipinski definition) is 3. The smallest absolute Gasteiger partial charge is 0.476 e. The number of carbonyl (C=O) groups is 1. The molecule has 3 rings (SSSR count). The van der Waals surface area contributed by atoms with Crippen LogP contribution >= 0.6 is 0 Å². The van der Waals surface area contributed by atoms with Gasteiger partial charge in [-0.3, -0.25) is 0 Å². The lowest BCUT2D eigenvalue weighted by Gasteiger charge is -2.10. The summed E-state index contributed by atoms with van der Waals surface area (Å²) >= 11 is 0. The molecule has 0 aliphatic carbocycles. The Morgan fingerprint density at radius 1 is 1.00 bits per heavy atom. The molecule has 26 heavy (non-hydrogen) atoms. The number of carboxylic acid groups (broad SMARTS) is 1. The van der Waals surface area contributed by atoms with Crippen LogP contribution in [-0.2, 0) is 0 Å². The number of hydrogen-bond acceptors (Lipinski definition) is 5. The highest BCUT2D eigenvalue weighted by molar-refractivity contribution is 5.91. The zero-order chi connectivity index (χ0) is 18.7. The summed E-state index contributed by atoms with van der Waals surface area (Å²) in [6, 6.07) is 12.3. The van der Waals surface area contributed by atoms with Crippen LogP contribution in [0.15, 0.2) is 48.5 Å². The molecule has 2 aromatic carbocycles. The topological polar surface area (TPSA) is 100 Å². The molecule has 1 heterocycles. The summed E-state index contributed by atoms with van der Waals surface area (Å²) in [7, 11) is 0. The Balaban J connectivity index is 1.73. The number of halogens is 3. The summed E-state index contributed by atoms with van der Waals surface area (Å²) in [5.41, 5.74) is 1.78. The lowest BCUT2D eigenvalue weighted by atomic mass is 10.1. The van der Waals surface area contributed by atoms with Gasteiger partial charge in [-0.1, -0.05) is 24.3 Å². The summed E-state index contributed by atoms with van der Waals surface area (Å²) in [5, 5.41) is 21.3. The van der Waals surface area contributed by atoms with Gasteiger partial charge in [-0.15, -0.1) is 23.4 Å². The third-order valence-electron chi connectivity index (χ3n) is 3.32. The van der Waals surface area contributed by atoms with Crippen molar-refractivity contribution in [1.82, 2.24) is 15.4 Å². The summed E-state index contributed by atoms with van der Waals surface area (Å²) in [5.74, 6) is -1.45. The number of aromatic amines is 1. The minimum Gasteiger partial charge on any atom is -0.476 e. The fraction of sp³-hybridized carbons (Fsp3) is 0.0625. The van der Waals surface area contributed by atoms with Crippen LogP contribution in [0.5, 0.6) is 5.75 Å². The lowest BCUT2D eigenvalue weighted by molar-refractivity contribution is -0.274. The minimum atomic E-state index is -4.73. The van der Waals surface area contributed by atoms with Crippen LogP contribution in [0, 0.1) is 0 Å². The van der Waals surface area contributed by atoms with Crippen LogP contribution in [0.1, 0.15) is 10.5 Å². The first-order chi connectivity index (χ1) is 12.3. The van der Waals surface area contributed by atoms with Crippen LogP contribution in [0.4, 0.5) is 24.7 Å². The molecule has 0 fully saturated rings. The zero-order valence-electron chi connectivity index (χ0n) is 12.9. The predicted octanol–water partition coefficient (Wildman–Crippen LogP) is 3.81. The number of rotatable bonds is 5. The van der Waals surface area contributed by atoms with Crippen LogP contribution in [0.3, 0.4) is 0 Å². The van der Waals surface area contributed by atoms with E-state index in [1.807, 2.05) is 0 Å². The largest absolute Gasteiger partial charge is 0.573 e. The number of nitrogens with one attached hydrogen (secondary N) is 2. The van der Waals surface area contributed by atoms with Gasteiger partial charge in [-0.25, -0.2) is 4.79 Å². The molecule has 0 atom stereocenters. The Bertz CT molecular complexity index is 906. The van der Waals surface area contributed by atoms with E-state index in [1.54, 1.807) is 24.3 Å². The predicted molar refractivity (Wildman–Crippen MR) is 85.2 cm³/mol. The lowest BCUT2D eigenvalue weighted by Crippen LogP contribution is -2.16. The molecule has 10 heteroatoms. The number of aromatic carboxylic acids is 1. The molecule has 0 amide bonds. The first-order valence-electron chi connectivity index (χ1n) is 7.19. The maximum absolute atomic E-state index is 12.2. The van der Waals surface area contributed by atoms with Gasteiger partial charge in [-0.2, -0.15) is 5.21 Å². The van der Waals surface area contributed by atoms with E-state index in [-0.39, 0.29) is 17.3 Å². The van der Waals surface area contributed by atoms with Crippen molar-refractivity contribution in [3.63, 3.8) is 0 Å². The molecular formula is C16H11F3N4O3. The summed E-state index contributed by atoms with van der Waals surface area (Å²) < 4.78 is 40.3. The highest BCUT2D eigenvalue weighted by Gasteiger charge is 2.30. The normalized spacial score (nSPS) is 11.2. The van der Waals surface area contributed by atoms with E-state index in [2.05, 4.69) is 25.5 Å². The summed E-state index contributed by atoms with van der Waals surface area (Å²) in [4.78, 5) is 11.0. The van der Waals surface area contributed by atoms with Gasteiger partial charge in [0.2, 0.25) is 5.69 Å². The molecule has 0 bridgehead atoms. The van der Waals surface area contributed by atoms with Gasteiger partial charge in [0, 0.05) is 5.69 Å². The zero-order valence-corrected chi connectivity index (χ0v) is 12.9. The van der Waals surface area contributed by atoms with Crippen molar-refractivity contribution in [3.8, 4) is 16.9 Å². The van der Waals surface area contributed by atoms with Gasteiger partial charge >= 0.3 is 12.3 Å². The number of aromatic nitrogens is 3. The average Bonchev–Trinajstić information content (AvgIpc) is 3.03. The van der Waals surface area contributed by atoms with Crippen molar-refractivity contribution >= 4 is 17.5 Å². The van der Waals surface area contributed by atoms with E-state index in [0.717, 1.165) is 5.56 Å². The SMILES string of the molecule is O=C(O)c1n[nH]nc1Nc1ccc(-c2ccc(OC(F)(F)F)cc2)cc1. The first-order valence-corrected chi connectivity index (χ1v) is 7.19. The highest BCUT2D eigenvalue weighted by Crippen LogP contribution is 2.27. The maximum atomic E-state index is 12.2. The van der Waals surface area contributed by atoms with Crippen molar-refractivity contribution in [2.75, 3.05) is 5.32 Å². The molecule has 0 spiro atoms. The molecule has 0 aliphatic heterocycles. The third kappa shape index (κ3) is 4.09. The minimum absolute atomic E-state index is 0.0684. The van der Waals surface area contributed by atoms with Gasteiger partial charge in [0.25, 0.3) is 0 Å². The Hall–Kier alpha value is -3.56. The molecular weight excluding hydrogens is 353 g/mol. The molecule has 7 nitrogen and oxygen atoms in total. The number of H-pyrrole nitrogens is 1. The number of ether oxygens (including phenoxy) is 1. The second-order valence-corrected chi connectivity index (χ2v) is 5.10. The number of benzene rings is 2. The molecule has 3 N–H and O–H groups in total. The van der Waals surface area contributed by atoms with E-state index < -0.39 is 12.3 Å². The fourth-order valence-corrected chi connectivity index (χ4v) is 2.20. The van der Waals surface area contributed by atoms with Gasteiger partial charge in [0.1, 0.15) is 5.75 Å². The molecule has 0 aliphatic rings. The van der Waals surface area contributed by atoms with E-state index in [1.165, 1.54) is 24.3 Å². The van der Waals surface area contributed by atoms with Crippen molar-refractivity contribution in [2.45, 2.75) is 6.36 Å². The molecule has 0 unspecified atom stereocenters. The van der Waals surface area contributed by atoms with Crippen LogP contribution < -0.4 is 10.1 Å². The number of anilines is 2. The van der Waals surface area contributed by atoms with Gasteiger partial charge in [0.05, 0.1) is 0 Å². The van der Waals surface area contributed by atoms with Crippen molar-refractivity contribution in [3.05, 3.63) is 54.2 Å². The molecule has 0 saturated heterocycles. The Morgan fingerprint density at radius 2 is 1.58 bits per heavy atom. The van der Waals surface area contributed by atoms with Crippen molar-refractivity contribution in [2.24, 2.45) is 0 Å². The van der Waals surface area contributed by atoms with E-state index >= 15 is 0 Å². The summed E-state index contributed by atoms with van der Waals surface area (Å²) in [6.07, 6.45) is -4.73. The molecule has 3 aromatic rings. The van der Waals surface area contributed by atoms with Gasteiger partial charge < -0.3 is 15.2 Å². The van der Waals surface area contributed by atoms with Gasteiger partial charge in [-0.05, 0) is 35.4 Å². The molecule has 134 valence electrons. The monoisotopic (exact) mass is 364 g/mol. The first kappa shape index (κ1) is 17.3. The molecule has 1 aromatic heterocycles.